The van der Waals surface area contributed by atoms with Gasteiger partial charge in [0.25, 0.3) is 0 Å². The summed E-state index contributed by atoms with van der Waals surface area (Å²) < 4.78 is 41.6. The number of nitrogens with one attached hydrogen (secondary N) is 1. The zero-order valence-corrected chi connectivity index (χ0v) is 22.0. The smallest absolute Gasteiger partial charge is 0.370 e. The Balaban J connectivity index is 1.43. The number of aryl methyl sites for hydroxylation is 1. The lowest BCUT2D eigenvalue weighted by Crippen LogP contribution is -2.54. The topological polar surface area (TPSA) is 77.2 Å². The van der Waals surface area contributed by atoms with E-state index in [4.69, 9.17) is 4.98 Å². The highest BCUT2D eigenvalue weighted by molar-refractivity contribution is 5.89. The van der Waals surface area contributed by atoms with Crippen molar-refractivity contribution in [1.82, 2.24) is 19.8 Å². The van der Waals surface area contributed by atoms with E-state index in [0.29, 0.717) is 31.6 Å². The number of halogens is 3. The van der Waals surface area contributed by atoms with Crippen molar-refractivity contribution in [2.75, 3.05) is 38.1 Å². The number of benzene rings is 1. The van der Waals surface area contributed by atoms with Crippen LogP contribution in [0.3, 0.4) is 0 Å². The van der Waals surface area contributed by atoms with Crippen LogP contribution in [0.5, 0.6) is 0 Å². The van der Waals surface area contributed by atoms with Gasteiger partial charge in [-0.1, -0.05) is 6.07 Å². The Morgan fingerprint density at radius 2 is 1.90 bits per heavy atom. The van der Waals surface area contributed by atoms with E-state index in [1.807, 2.05) is 60.1 Å². The van der Waals surface area contributed by atoms with Crippen LogP contribution in [0.1, 0.15) is 36.0 Å². The number of anilines is 1. The maximum atomic E-state index is 13.9. The SMILES string of the molecule is CN1CCC(NC(=O)C2(c3ccc(-c4cccn4C)nc3)CCN(c3ccc(C(F)(F)F)cc3C#N)CC2)C1. The monoisotopic (exact) mass is 536 g/mol. The third-order valence-electron chi connectivity index (χ3n) is 8.09. The first-order chi connectivity index (χ1) is 18.6. The van der Waals surface area contributed by atoms with Crippen LogP contribution in [0.2, 0.25) is 0 Å². The van der Waals surface area contributed by atoms with Crippen molar-refractivity contribution in [3.8, 4) is 17.5 Å². The number of likely N-dealkylation sites (tertiary alicyclic amines) is 1. The fraction of sp³-hybridized carbons (Fsp3) is 0.414. The van der Waals surface area contributed by atoms with Gasteiger partial charge in [-0.05, 0) is 74.8 Å². The summed E-state index contributed by atoms with van der Waals surface area (Å²) in [4.78, 5) is 22.7. The number of rotatable bonds is 5. The Morgan fingerprint density at radius 1 is 1.13 bits per heavy atom. The molecule has 0 radical (unpaired) electrons. The minimum absolute atomic E-state index is 0.0237. The molecule has 3 aromatic rings. The van der Waals surface area contributed by atoms with Crippen LogP contribution in [0.4, 0.5) is 18.9 Å². The van der Waals surface area contributed by atoms with Crippen molar-refractivity contribution in [1.29, 1.82) is 5.26 Å². The minimum Gasteiger partial charge on any atom is -0.370 e. The predicted molar refractivity (Wildman–Crippen MR) is 142 cm³/mol. The largest absolute Gasteiger partial charge is 0.416 e. The van der Waals surface area contributed by atoms with E-state index >= 15 is 0 Å². The van der Waals surface area contributed by atoms with Gasteiger partial charge in [-0.3, -0.25) is 9.78 Å². The van der Waals surface area contributed by atoms with Crippen LogP contribution in [-0.4, -0.2) is 59.6 Å². The number of carbonyl (C=O) groups is 1. The Morgan fingerprint density at radius 3 is 2.46 bits per heavy atom. The number of aromatic nitrogens is 2. The van der Waals surface area contributed by atoms with E-state index in [0.717, 1.165) is 48.6 Å². The molecule has 10 heteroatoms. The first-order valence-corrected chi connectivity index (χ1v) is 13.0. The second-order valence-electron chi connectivity index (χ2n) is 10.6. The number of hydrogen-bond donors (Lipinski definition) is 1. The van der Waals surface area contributed by atoms with Crippen molar-refractivity contribution >= 4 is 11.6 Å². The molecule has 2 saturated heterocycles. The number of likely N-dealkylation sites (N-methyl/N-ethyl adjacent to an activating group) is 1. The number of nitriles is 1. The van der Waals surface area contributed by atoms with Crippen LogP contribution in [0, 0.1) is 11.3 Å². The van der Waals surface area contributed by atoms with E-state index in [9.17, 15) is 23.2 Å². The molecule has 39 heavy (non-hydrogen) atoms. The normalized spacial score (nSPS) is 19.6. The average Bonchev–Trinajstić information content (AvgIpc) is 3.55. The maximum absolute atomic E-state index is 13.9. The highest BCUT2D eigenvalue weighted by atomic mass is 19.4. The van der Waals surface area contributed by atoms with E-state index in [1.165, 1.54) is 6.07 Å². The van der Waals surface area contributed by atoms with Crippen LogP contribution in [-0.2, 0) is 23.4 Å². The Labute approximate surface area is 225 Å². The highest BCUT2D eigenvalue weighted by Gasteiger charge is 2.44. The summed E-state index contributed by atoms with van der Waals surface area (Å²) in [5.41, 5.74) is 1.33. The third kappa shape index (κ3) is 5.23. The van der Waals surface area contributed by atoms with Gasteiger partial charge in [-0.25, -0.2) is 0 Å². The fourth-order valence-corrected chi connectivity index (χ4v) is 5.79. The number of piperidine rings is 1. The van der Waals surface area contributed by atoms with Crippen LogP contribution < -0.4 is 10.2 Å². The summed E-state index contributed by atoms with van der Waals surface area (Å²) in [6.07, 6.45) is 0.970. The number of pyridine rings is 1. The standard InChI is InChI=1S/C29H31F3N6O/c1-36-13-9-23(19-36)35-27(39)28(22-5-7-24(34-18-22)26-4-3-12-37(26)2)10-14-38(15-11-28)25-8-6-21(29(30,31)32)16-20(25)17-33/h3-8,12,16,18,23H,9-11,13-15,19H2,1-2H3,(H,35,39). The molecule has 204 valence electrons. The summed E-state index contributed by atoms with van der Waals surface area (Å²) in [5, 5.41) is 12.9. The molecule has 5 rings (SSSR count). The predicted octanol–water partition coefficient (Wildman–Crippen LogP) is 4.34. The molecule has 1 atom stereocenters. The molecule has 2 aromatic heterocycles. The molecule has 2 aliphatic rings. The molecule has 0 spiro atoms. The van der Waals surface area contributed by atoms with Crippen LogP contribution in [0.15, 0.2) is 54.9 Å². The molecule has 7 nitrogen and oxygen atoms in total. The van der Waals surface area contributed by atoms with Gasteiger partial charge in [0.1, 0.15) is 6.07 Å². The molecule has 0 aliphatic carbocycles. The van der Waals surface area contributed by atoms with Gasteiger partial charge in [-0.15, -0.1) is 0 Å². The van der Waals surface area contributed by atoms with Gasteiger partial charge < -0.3 is 19.7 Å². The van der Waals surface area contributed by atoms with E-state index in [2.05, 4.69) is 10.2 Å². The summed E-state index contributed by atoms with van der Waals surface area (Å²) in [7, 11) is 3.98. The molecule has 1 N–H and O–H groups in total. The van der Waals surface area contributed by atoms with Crippen LogP contribution in [0.25, 0.3) is 11.4 Å². The quantitative estimate of drug-likeness (QED) is 0.525. The first-order valence-electron chi connectivity index (χ1n) is 13.0. The molecule has 2 fully saturated rings. The van der Waals surface area contributed by atoms with Gasteiger partial charge in [0.2, 0.25) is 5.91 Å². The lowest BCUT2D eigenvalue weighted by atomic mass is 9.72. The first kappa shape index (κ1) is 26.8. The summed E-state index contributed by atoms with van der Waals surface area (Å²) in [6.45, 7) is 2.54. The molecular formula is C29H31F3N6O. The average molecular weight is 537 g/mol. The Hall–Kier alpha value is -3.84. The number of hydrogen-bond acceptors (Lipinski definition) is 5. The van der Waals surface area contributed by atoms with Crippen molar-refractivity contribution < 1.29 is 18.0 Å². The highest BCUT2D eigenvalue weighted by Crippen LogP contribution is 2.40. The molecule has 1 unspecified atom stereocenters. The Bertz CT molecular complexity index is 1380. The van der Waals surface area contributed by atoms with E-state index in [-0.39, 0.29) is 17.5 Å². The maximum Gasteiger partial charge on any atom is 0.416 e. The minimum atomic E-state index is -4.52. The zero-order valence-electron chi connectivity index (χ0n) is 22.0. The fourth-order valence-electron chi connectivity index (χ4n) is 5.79. The zero-order chi connectivity index (χ0) is 27.8. The number of alkyl halides is 3. The van der Waals surface area contributed by atoms with Crippen LogP contribution >= 0.6 is 0 Å². The molecule has 1 amide bonds. The Kier molecular flexibility index (Phi) is 7.12. The molecule has 0 bridgehead atoms. The van der Waals surface area contributed by atoms with Crippen molar-refractivity contribution in [2.24, 2.45) is 7.05 Å². The van der Waals surface area contributed by atoms with Gasteiger partial charge in [0.15, 0.2) is 0 Å². The summed E-state index contributed by atoms with van der Waals surface area (Å²) >= 11 is 0. The van der Waals surface area contributed by atoms with E-state index in [1.54, 1.807) is 6.20 Å². The number of carbonyl (C=O) groups excluding carboxylic acids is 1. The molecule has 1 aromatic carbocycles. The van der Waals surface area contributed by atoms with Crippen molar-refractivity contribution in [3.63, 3.8) is 0 Å². The lowest BCUT2D eigenvalue weighted by molar-refractivity contribution is -0.137. The molecule has 0 saturated carbocycles. The van der Waals surface area contributed by atoms with Gasteiger partial charge in [0, 0.05) is 45.1 Å². The molecular weight excluding hydrogens is 505 g/mol. The molecule has 4 heterocycles. The summed E-state index contributed by atoms with van der Waals surface area (Å²) in [6, 6.07) is 13.1. The van der Waals surface area contributed by atoms with Crippen molar-refractivity contribution in [3.05, 3.63) is 71.5 Å². The second kappa shape index (κ2) is 10.4. The lowest BCUT2D eigenvalue weighted by Gasteiger charge is -2.42. The van der Waals surface area contributed by atoms with Gasteiger partial charge >= 0.3 is 6.18 Å². The van der Waals surface area contributed by atoms with E-state index < -0.39 is 17.2 Å². The number of nitrogens with zero attached hydrogens (tertiary/aromatic N) is 5. The number of amides is 1. The summed E-state index contributed by atoms with van der Waals surface area (Å²) in [5.74, 6) is -0.0520. The van der Waals surface area contributed by atoms with Gasteiger partial charge in [0.05, 0.1) is 33.6 Å². The second-order valence-corrected chi connectivity index (χ2v) is 10.6. The molecule has 2 aliphatic heterocycles. The third-order valence-corrected chi connectivity index (χ3v) is 8.09. The van der Waals surface area contributed by atoms with Gasteiger partial charge in [-0.2, -0.15) is 18.4 Å². The van der Waals surface area contributed by atoms with Crippen molar-refractivity contribution in [2.45, 2.75) is 36.9 Å².